The van der Waals surface area contributed by atoms with E-state index in [1.807, 2.05) is 32.4 Å². The van der Waals surface area contributed by atoms with Crippen molar-refractivity contribution in [3.05, 3.63) is 33.1 Å². The third-order valence-electron chi connectivity index (χ3n) is 6.36. The van der Waals surface area contributed by atoms with Gasteiger partial charge in [0.25, 0.3) is 14.1 Å². The number of hydrogen-bond acceptors (Lipinski definition) is 10. The first-order valence-corrected chi connectivity index (χ1v) is 15.1. The molecule has 1 aromatic rings. The van der Waals surface area contributed by atoms with Crippen molar-refractivity contribution in [2.75, 3.05) is 20.3 Å². The molecule has 206 valence electrons. The van der Waals surface area contributed by atoms with Crippen molar-refractivity contribution < 1.29 is 32.5 Å². The summed E-state index contributed by atoms with van der Waals surface area (Å²) in [6.45, 7) is 11.8. The molecule has 2 N–H and O–H groups in total. The zero-order chi connectivity index (χ0) is 26.8. The molecule has 1 saturated heterocycles. The predicted octanol–water partition coefficient (Wildman–Crippen LogP) is 2.83. The molecular weight excluding hydrogens is 512 g/mol. The lowest BCUT2D eigenvalue weighted by atomic mass is 10.1. The minimum Gasteiger partial charge on any atom is -0.374 e. The van der Waals surface area contributed by atoms with Crippen LogP contribution in [0.25, 0.3) is 0 Å². The van der Waals surface area contributed by atoms with Crippen LogP contribution in [0.2, 0.25) is 0 Å². The number of hydrogen-bond donors (Lipinski definition) is 2. The van der Waals surface area contributed by atoms with Gasteiger partial charge in [0.1, 0.15) is 12.2 Å². The third kappa shape index (κ3) is 6.03. The standard InChI is InChI=1S/C22H39N3O9P2/c1-8-31-36(29,32-9-2)16-12-15(16)18-19(34-35(28)25(13(3)4)14(5)6)20(30-7)21(33-18)24-17(26)10-11-23-22(24)27/h10-11,13-16,18-21,28H,8-9,12H2,1-7H3,(H,23,27)/t15?,16?,18-,19-,20-,21-,35?/m1/s1. The molecule has 0 radical (unpaired) electrons. The van der Waals surface area contributed by atoms with E-state index in [9.17, 15) is 19.0 Å². The zero-order valence-electron chi connectivity index (χ0n) is 21.9. The van der Waals surface area contributed by atoms with Gasteiger partial charge in [-0.15, -0.1) is 0 Å². The molecule has 2 aliphatic rings. The Labute approximate surface area is 212 Å². The molecule has 1 saturated carbocycles. The number of methoxy groups -OCH3 is 1. The van der Waals surface area contributed by atoms with Crippen LogP contribution < -0.4 is 11.2 Å². The highest BCUT2D eigenvalue weighted by Gasteiger charge is 2.63. The molecular formula is C22H39N3O9P2. The lowest BCUT2D eigenvalue weighted by Crippen LogP contribution is -2.44. The van der Waals surface area contributed by atoms with Crippen LogP contribution in [0.5, 0.6) is 0 Å². The van der Waals surface area contributed by atoms with Crippen molar-refractivity contribution in [2.24, 2.45) is 5.92 Å². The fraction of sp³-hybridized carbons (Fsp3) is 0.818. The molecule has 36 heavy (non-hydrogen) atoms. The molecule has 0 amide bonds. The highest BCUT2D eigenvalue weighted by atomic mass is 31.2. The third-order valence-corrected chi connectivity index (χ3v) is 10.8. The Kier molecular flexibility index (Phi) is 10.1. The van der Waals surface area contributed by atoms with Crippen LogP contribution in [-0.4, -0.2) is 75.5 Å². The molecule has 1 aliphatic heterocycles. The molecule has 0 spiro atoms. The van der Waals surface area contributed by atoms with Crippen molar-refractivity contribution in [1.29, 1.82) is 0 Å². The minimum atomic E-state index is -3.42. The normalized spacial score (nSPS) is 29.4. The first-order valence-electron chi connectivity index (χ1n) is 12.3. The van der Waals surface area contributed by atoms with Crippen LogP contribution in [0.3, 0.4) is 0 Å². The van der Waals surface area contributed by atoms with E-state index in [1.54, 1.807) is 13.8 Å². The fourth-order valence-electron chi connectivity index (χ4n) is 4.92. The van der Waals surface area contributed by atoms with Crippen LogP contribution >= 0.6 is 16.1 Å². The van der Waals surface area contributed by atoms with Gasteiger partial charge in [0.2, 0.25) is 0 Å². The van der Waals surface area contributed by atoms with E-state index >= 15 is 0 Å². The Morgan fingerprint density at radius 3 is 2.31 bits per heavy atom. The maximum absolute atomic E-state index is 13.4. The van der Waals surface area contributed by atoms with Crippen LogP contribution in [0, 0.1) is 5.92 Å². The summed E-state index contributed by atoms with van der Waals surface area (Å²) in [5.41, 5.74) is -1.66. The van der Waals surface area contributed by atoms with Crippen molar-refractivity contribution in [3.8, 4) is 0 Å². The van der Waals surface area contributed by atoms with Crippen LogP contribution in [0.15, 0.2) is 21.9 Å². The predicted molar refractivity (Wildman–Crippen MR) is 135 cm³/mol. The number of rotatable bonds is 13. The molecule has 14 heteroatoms. The van der Waals surface area contributed by atoms with Crippen LogP contribution in [0.1, 0.15) is 54.2 Å². The molecule has 3 unspecified atom stereocenters. The minimum absolute atomic E-state index is 0.0111. The monoisotopic (exact) mass is 551 g/mol. The van der Waals surface area contributed by atoms with E-state index in [0.717, 1.165) is 4.57 Å². The average Bonchev–Trinajstić information content (AvgIpc) is 3.51. The van der Waals surface area contributed by atoms with E-state index in [0.29, 0.717) is 6.42 Å². The van der Waals surface area contributed by atoms with Gasteiger partial charge in [-0.3, -0.25) is 9.36 Å². The molecule has 3 rings (SSSR count). The summed E-state index contributed by atoms with van der Waals surface area (Å²) in [7, 11) is -4.07. The zero-order valence-corrected chi connectivity index (χ0v) is 23.7. The number of nitrogens with zero attached hydrogens (tertiary/aromatic N) is 2. The van der Waals surface area contributed by atoms with E-state index in [1.165, 1.54) is 19.4 Å². The van der Waals surface area contributed by atoms with E-state index in [-0.39, 0.29) is 31.2 Å². The summed E-state index contributed by atoms with van der Waals surface area (Å²) in [6, 6.07) is 1.20. The highest BCUT2D eigenvalue weighted by molar-refractivity contribution is 7.55. The quantitative estimate of drug-likeness (QED) is 0.352. The highest BCUT2D eigenvalue weighted by Crippen LogP contribution is 2.67. The van der Waals surface area contributed by atoms with Gasteiger partial charge in [-0.2, -0.15) is 0 Å². The Morgan fingerprint density at radius 2 is 1.81 bits per heavy atom. The summed E-state index contributed by atoms with van der Waals surface area (Å²) in [4.78, 5) is 38.8. The first kappa shape index (κ1) is 29.6. The van der Waals surface area contributed by atoms with Crippen molar-refractivity contribution >= 4 is 16.1 Å². The fourth-order valence-corrected chi connectivity index (χ4v) is 8.60. The second kappa shape index (κ2) is 12.3. The lowest BCUT2D eigenvalue weighted by Gasteiger charge is -2.35. The summed E-state index contributed by atoms with van der Waals surface area (Å²) < 4.78 is 45.5. The Morgan fingerprint density at radius 1 is 1.19 bits per heavy atom. The van der Waals surface area contributed by atoms with Crippen molar-refractivity contribution in [2.45, 2.75) is 90.2 Å². The van der Waals surface area contributed by atoms with Gasteiger partial charge >= 0.3 is 13.3 Å². The van der Waals surface area contributed by atoms with E-state index in [4.69, 9.17) is 23.0 Å². The lowest BCUT2D eigenvalue weighted by molar-refractivity contribution is -0.0587. The van der Waals surface area contributed by atoms with Crippen LogP contribution in [0.4, 0.5) is 0 Å². The van der Waals surface area contributed by atoms with Gasteiger partial charge in [0.15, 0.2) is 6.23 Å². The number of aromatic amines is 1. The summed E-state index contributed by atoms with van der Waals surface area (Å²) in [5, 5.41) is 0. The van der Waals surface area contributed by atoms with Crippen LogP contribution in [-0.2, 0) is 27.6 Å². The molecule has 1 aromatic heterocycles. The molecule has 2 heterocycles. The number of H-pyrrole nitrogens is 1. The average molecular weight is 552 g/mol. The van der Waals surface area contributed by atoms with E-state index < -0.39 is 57.6 Å². The number of nitrogens with one attached hydrogen (secondary N) is 1. The Balaban J connectivity index is 1.98. The SMILES string of the molecule is CCOP(=O)(OCC)C1CC1[C@H]1O[C@@H](n2c(=O)cc[nH]c2=O)[C@H](OC)[C@@H]1OP(O)N(C(C)C)C(C)C. The first-order chi connectivity index (χ1) is 17.0. The smallest absolute Gasteiger partial charge is 0.334 e. The molecule has 7 atom stereocenters. The maximum atomic E-state index is 13.4. The summed E-state index contributed by atoms with van der Waals surface area (Å²) >= 11 is 0. The number of ether oxygens (including phenoxy) is 2. The van der Waals surface area contributed by atoms with Gasteiger partial charge in [0, 0.05) is 37.4 Å². The summed E-state index contributed by atoms with van der Waals surface area (Å²) in [6.07, 6.45) is -1.85. The largest absolute Gasteiger partial charge is 0.374 e. The van der Waals surface area contributed by atoms with Gasteiger partial charge in [-0.25, -0.2) is 14.0 Å². The van der Waals surface area contributed by atoms with Gasteiger partial charge < -0.3 is 32.9 Å². The molecule has 1 aliphatic carbocycles. The van der Waals surface area contributed by atoms with E-state index in [2.05, 4.69) is 4.98 Å². The molecule has 0 aromatic carbocycles. The van der Waals surface area contributed by atoms with Crippen molar-refractivity contribution in [1.82, 2.24) is 14.2 Å². The maximum Gasteiger partial charge on any atom is 0.334 e. The molecule has 12 nitrogen and oxygen atoms in total. The summed E-state index contributed by atoms with van der Waals surface area (Å²) in [5.74, 6) is -0.310. The molecule has 0 bridgehead atoms. The second-order valence-corrected chi connectivity index (χ2v) is 12.9. The molecule has 2 fully saturated rings. The Bertz CT molecular complexity index is 986. The topological polar surface area (TPSA) is 142 Å². The van der Waals surface area contributed by atoms with Crippen molar-refractivity contribution in [3.63, 3.8) is 0 Å². The number of aromatic nitrogens is 2. The van der Waals surface area contributed by atoms with Gasteiger partial charge in [0.05, 0.1) is 25.0 Å². The Hall–Kier alpha value is -0.940. The van der Waals surface area contributed by atoms with Gasteiger partial charge in [-0.1, -0.05) is 0 Å². The van der Waals surface area contributed by atoms with Gasteiger partial charge in [-0.05, 0) is 48.0 Å². The second-order valence-electron chi connectivity index (χ2n) is 9.42.